The molecule has 1 unspecified atom stereocenters. The Bertz CT molecular complexity index is 333. The van der Waals surface area contributed by atoms with E-state index in [2.05, 4.69) is 55.7 Å². The minimum atomic E-state index is 0.161. The molecule has 1 aromatic rings. The highest BCUT2D eigenvalue weighted by molar-refractivity contribution is 5.72. The molecule has 2 rings (SSSR count). The molecule has 2 N–H and O–H groups in total. The fourth-order valence-corrected chi connectivity index (χ4v) is 1.73. The first-order valence-corrected chi connectivity index (χ1v) is 5.23. The van der Waals surface area contributed by atoms with E-state index in [1.807, 2.05) is 0 Å². The van der Waals surface area contributed by atoms with Gasteiger partial charge < -0.3 is 10.6 Å². The van der Waals surface area contributed by atoms with Gasteiger partial charge in [0, 0.05) is 6.54 Å². The Hall–Kier alpha value is -1.18. The molecular formula is C12H18N2. The van der Waals surface area contributed by atoms with Crippen LogP contribution in [0, 0.1) is 5.92 Å². The lowest BCUT2D eigenvalue weighted by molar-refractivity contribution is 0.387. The molecule has 0 radical (unpaired) electrons. The van der Waals surface area contributed by atoms with Gasteiger partial charge in [0.25, 0.3) is 0 Å². The van der Waals surface area contributed by atoms with Crippen molar-refractivity contribution >= 4 is 11.4 Å². The molecule has 0 amide bonds. The first-order chi connectivity index (χ1) is 6.62. The van der Waals surface area contributed by atoms with E-state index in [1.54, 1.807) is 0 Å². The normalized spacial score (nSPS) is 25.1. The zero-order valence-electron chi connectivity index (χ0n) is 9.09. The van der Waals surface area contributed by atoms with Crippen LogP contribution in [0.5, 0.6) is 0 Å². The van der Waals surface area contributed by atoms with Crippen LogP contribution in [-0.4, -0.2) is 12.1 Å². The Morgan fingerprint density at radius 2 is 1.86 bits per heavy atom. The standard InChI is InChI=1S/C12H18N2/c1-9(2)12(3)8-13-10-6-4-5-7-11(10)14-12/h4-7,9,13-14H,8H2,1-3H3. The van der Waals surface area contributed by atoms with E-state index in [4.69, 9.17) is 0 Å². The van der Waals surface area contributed by atoms with Gasteiger partial charge in [0.15, 0.2) is 0 Å². The summed E-state index contributed by atoms with van der Waals surface area (Å²) in [6.45, 7) is 7.76. The molecule has 0 aromatic heterocycles. The zero-order chi connectivity index (χ0) is 10.2. The van der Waals surface area contributed by atoms with E-state index >= 15 is 0 Å². The van der Waals surface area contributed by atoms with Crippen molar-refractivity contribution in [1.82, 2.24) is 0 Å². The third-order valence-corrected chi connectivity index (χ3v) is 3.27. The van der Waals surface area contributed by atoms with Crippen LogP contribution in [0.2, 0.25) is 0 Å². The highest BCUT2D eigenvalue weighted by Crippen LogP contribution is 2.32. The zero-order valence-corrected chi connectivity index (χ0v) is 9.09. The molecule has 0 spiro atoms. The molecule has 1 aliphatic heterocycles. The van der Waals surface area contributed by atoms with Gasteiger partial charge in [-0.2, -0.15) is 0 Å². The van der Waals surface area contributed by atoms with Gasteiger partial charge in [0.2, 0.25) is 0 Å². The van der Waals surface area contributed by atoms with Crippen molar-refractivity contribution < 1.29 is 0 Å². The first kappa shape index (κ1) is 9.38. The average molecular weight is 190 g/mol. The summed E-state index contributed by atoms with van der Waals surface area (Å²) in [5, 5.41) is 7.08. The number of hydrogen-bond donors (Lipinski definition) is 2. The number of anilines is 2. The summed E-state index contributed by atoms with van der Waals surface area (Å²) in [5.41, 5.74) is 2.59. The van der Waals surface area contributed by atoms with Crippen molar-refractivity contribution in [2.75, 3.05) is 17.2 Å². The Labute approximate surface area is 85.7 Å². The molecule has 0 saturated carbocycles. The van der Waals surface area contributed by atoms with Gasteiger partial charge >= 0.3 is 0 Å². The summed E-state index contributed by atoms with van der Waals surface area (Å²) in [7, 11) is 0. The molecule has 0 fully saturated rings. The Morgan fingerprint density at radius 3 is 2.50 bits per heavy atom. The van der Waals surface area contributed by atoms with Crippen molar-refractivity contribution in [3.05, 3.63) is 24.3 Å². The third kappa shape index (κ3) is 1.45. The third-order valence-electron chi connectivity index (χ3n) is 3.27. The average Bonchev–Trinajstić information content (AvgIpc) is 2.17. The summed E-state index contributed by atoms with van der Waals surface area (Å²) < 4.78 is 0. The lowest BCUT2D eigenvalue weighted by Crippen LogP contribution is -2.49. The largest absolute Gasteiger partial charge is 0.381 e. The molecule has 1 aromatic carbocycles. The summed E-state index contributed by atoms with van der Waals surface area (Å²) in [4.78, 5) is 0. The second-order valence-corrected chi connectivity index (χ2v) is 4.60. The van der Waals surface area contributed by atoms with Gasteiger partial charge in [-0.3, -0.25) is 0 Å². The minimum absolute atomic E-state index is 0.161. The second kappa shape index (κ2) is 3.19. The predicted octanol–water partition coefficient (Wildman–Crippen LogP) is 2.94. The molecule has 0 bridgehead atoms. The highest BCUT2D eigenvalue weighted by Gasteiger charge is 2.31. The SMILES string of the molecule is CC(C)C1(C)CNc2ccccc2N1. The van der Waals surface area contributed by atoms with E-state index < -0.39 is 0 Å². The van der Waals surface area contributed by atoms with Gasteiger partial charge in [-0.05, 0) is 25.0 Å². The van der Waals surface area contributed by atoms with Gasteiger partial charge in [-0.15, -0.1) is 0 Å². The Morgan fingerprint density at radius 1 is 1.21 bits per heavy atom. The van der Waals surface area contributed by atoms with Gasteiger partial charge in [0.05, 0.1) is 16.9 Å². The quantitative estimate of drug-likeness (QED) is 0.711. The van der Waals surface area contributed by atoms with Crippen molar-refractivity contribution in [2.45, 2.75) is 26.3 Å². The summed E-state index contributed by atoms with van der Waals surface area (Å²) in [6.07, 6.45) is 0. The first-order valence-electron chi connectivity index (χ1n) is 5.23. The minimum Gasteiger partial charge on any atom is -0.381 e. The Kier molecular flexibility index (Phi) is 2.14. The second-order valence-electron chi connectivity index (χ2n) is 4.60. The van der Waals surface area contributed by atoms with E-state index in [1.165, 1.54) is 11.4 Å². The van der Waals surface area contributed by atoms with Crippen LogP contribution in [0.3, 0.4) is 0 Å². The summed E-state index contributed by atoms with van der Waals surface area (Å²) in [6, 6.07) is 8.37. The van der Waals surface area contributed by atoms with Gasteiger partial charge in [-0.1, -0.05) is 26.0 Å². The van der Waals surface area contributed by atoms with E-state index in [9.17, 15) is 0 Å². The molecule has 0 saturated heterocycles. The monoisotopic (exact) mass is 190 g/mol. The smallest absolute Gasteiger partial charge is 0.0580 e. The molecule has 2 heteroatoms. The summed E-state index contributed by atoms with van der Waals surface area (Å²) >= 11 is 0. The number of benzene rings is 1. The van der Waals surface area contributed by atoms with Crippen molar-refractivity contribution in [1.29, 1.82) is 0 Å². The van der Waals surface area contributed by atoms with Crippen molar-refractivity contribution in [3.8, 4) is 0 Å². The fourth-order valence-electron chi connectivity index (χ4n) is 1.73. The summed E-state index contributed by atoms with van der Waals surface area (Å²) in [5.74, 6) is 0.614. The molecule has 2 nitrogen and oxygen atoms in total. The lowest BCUT2D eigenvalue weighted by atomic mass is 9.86. The lowest BCUT2D eigenvalue weighted by Gasteiger charge is -2.40. The maximum absolute atomic E-state index is 3.61. The Balaban J connectivity index is 2.29. The van der Waals surface area contributed by atoms with Crippen molar-refractivity contribution in [3.63, 3.8) is 0 Å². The van der Waals surface area contributed by atoms with E-state index in [0.29, 0.717) is 5.92 Å². The maximum Gasteiger partial charge on any atom is 0.0580 e. The number of rotatable bonds is 1. The van der Waals surface area contributed by atoms with Crippen molar-refractivity contribution in [2.24, 2.45) is 5.92 Å². The predicted molar refractivity (Wildman–Crippen MR) is 61.8 cm³/mol. The molecule has 1 atom stereocenters. The fraction of sp³-hybridized carbons (Fsp3) is 0.500. The highest BCUT2D eigenvalue weighted by atomic mass is 15.1. The molecule has 1 aliphatic rings. The van der Waals surface area contributed by atoms with E-state index in [-0.39, 0.29) is 5.54 Å². The molecular weight excluding hydrogens is 172 g/mol. The number of nitrogens with one attached hydrogen (secondary N) is 2. The maximum atomic E-state index is 3.61. The molecule has 76 valence electrons. The van der Waals surface area contributed by atoms with E-state index in [0.717, 1.165) is 6.54 Å². The molecule has 1 heterocycles. The molecule has 14 heavy (non-hydrogen) atoms. The van der Waals surface area contributed by atoms with Crippen LogP contribution in [-0.2, 0) is 0 Å². The topological polar surface area (TPSA) is 24.1 Å². The van der Waals surface area contributed by atoms with Crippen LogP contribution in [0.4, 0.5) is 11.4 Å². The number of fused-ring (bicyclic) bond motifs is 1. The van der Waals surface area contributed by atoms with Crippen LogP contribution >= 0.6 is 0 Å². The van der Waals surface area contributed by atoms with Crippen LogP contribution in [0.25, 0.3) is 0 Å². The van der Waals surface area contributed by atoms with Crippen LogP contribution < -0.4 is 10.6 Å². The van der Waals surface area contributed by atoms with Crippen LogP contribution in [0.15, 0.2) is 24.3 Å². The van der Waals surface area contributed by atoms with Gasteiger partial charge in [-0.25, -0.2) is 0 Å². The van der Waals surface area contributed by atoms with Crippen LogP contribution in [0.1, 0.15) is 20.8 Å². The number of para-hydroxylation sites is 2. The van der Waals surface area contributed by atoms with Gasteiger partial charge in [0.1, 0.15) is 0 Å². The number of hydrogen-bond acceptors (Lipinski definition) is 2. The molecule has 0 aliphatic carbocycles.